The first-order valence-corrected chi connectivity index (χ1v) is 12.0. The van der Waals surface area contributed by atoms with Gasteiger partial charge in [-0.3, -0.25) is 14.8 Å². The Bertz CT molecular complexity index is 1350. The molecule has 2 N–H and O–H groups in total. The van der Waals surface area contributed by atoms with E-state index in [1.165, 1.54) is 18.5 Å². The van der Waals surface area contributed by atoms with Crippen molar-refractivity contribution in [2.24, 2.45) is 5.92 Å². The number of carbonyl (C=O) groups excluding carboxylic acids is 1. The van der Waals surface area contributed by atoms with Gasteiger partial charge in [-0.1, -0.05) is 12.1 Å². The van der Waals surface area contributed by atoms with Gasteiger partial charge in [-0.25, -0.2) is 4.39 Å². The first-order chi connectivity index (χ1) is 17.6. The molecule has 0 radical (unpaired) electrons. The molecule has 2 atom stereocenters. The molecule has 10 heteroatoms. The smallest absolute Gasteiger partial charge is 0.286 e. The van der Waals surface area contributed by atoms with Gasteiger partial charge in [0.05, 0.1) is 25.1 Å². The molecule has 0 aliphatic carbocycles. The number of anilines is 2. The summed E-state index contributed by atoms with van der Waals surface area (Å²) >= 11 is 0. The molecule has 194 valence electrons. The third-order valence-electron chi connectivity index (χ3n) is 7.03. The monoisotopic (exact) mass is 512 g/mol. The Hall–Kier alpha value is -3.50. The highest BCUT2D eigenvalue weighted by molar-refractivity contribution is 6.04. The maximum Gasteiger partial charge on any atom is 0.286 e. The minimum atomic E-state index is -3.17. The van der Waals surface area contributed by atoms with Crippen LogP contribution in [0.1, 0.15) is 34.2 Å². The molecular weight excluding hydrogens is 485 g/mol. The molecule has 1 aromatic carbocycles. The summed E-state index contributed by atoms with van der Waals surface area (Å²) in [6.45, 7) is 2.91. The summed E-state index contributed by atoms with van der Waals surface area (Å²) in [6.07, 6.45) is 3.05. The number of nitrogens with one attached hydrogen (secondary N) is 1. The van der Waals surface area contributed by atoms with Crippen LogP contribution >= 0.6 is 0 Å². The summed E-state index contributed by atoms with van der Waals surface area (Å²) in [5.41, 5.74) is 3.84. The van der Waals surface area contributed by atoms with Crippen LogP contribution in [0.15, 0.2) is 48.8 Å². The Labute approximate surface area is 212 Å². The first-order valence-electron chi connectivity index (χ1n) is 12.0. The number of amides is 1. The number of aromatic nitrogens is 2. The third kappa shape index (κ3) is 4.67. The van der Waals surface area contributed by atoms with Crippen molar-refractivity contribution < 1.29 is 27.8 Å². The van der Waals surface area contributed by atoms with E-state index in [2.05, 4.69) is 15.3 Å². The summed E-state index contributed by atoms with van der Waals surface area (Å²) in [5.74, 6) is -6.12. The normalized spacial score (nSPS) is 21.2. The number of ether oxygens (including phenoxy) is 1. The molecule has 2 aromatic heterocycles. The Morgan fingerprint density at radius 3 is 2.84 bits per heavy atom. The molecule has 1 amide bonds. The quantitative estimate of drug-likeness (QED) is 0.490. The van der Waals surface area contributed by atoms with Crippen LogP contribution in [-0.2, 0) is 17.1 Å². The minimum absolute atomic E-state index is 0.0486. The van der Waals surface area contributed by atoms with Crippen molar-refractivity contribution in [3.63, 3.8) is 0 Å². The topological polar surface area (TPSA) is 87.6 Å². The van der Waals surface area contributed by atoms with Crippen LogP contribution in [-0.4, -0.2) is 53.1 Å². The van der Waals surface area contributed by atoms with Gasteiger partial charge in [0.15, 0.2) is 0 Å². The fourth-order valence-electron chi connectivity index (χ4n) is 4.98. The van der Waals surface area contributed by atoms with Crippen LogP contribution in [0.2, 0.25) is 0 Å². The van der Waals surface area contributed by atoms with Gasteiger partial charge in [-0.15, -0.1) is 0 Å². The van der Waals surface area contributed by atoms with E-state index in [-0.39, 0.29) is 18.8 Å². The number of halogens is 3. The van der Waals surface area contributed by atoms with Crippen molar-refractivity contribution in [3.05, 3.63) is 71.3 Å². The highest BCUT2D eigenvalue weighted by atomic mass is 19.3. The lowest BCUT2D eigenvalue weighted by Crippen LogP contribution is -2.62. The van der Waals surface area contributed by atoms with Gasteiger partial charge in [0, 0.05) is 48.1 Å². The zero-order valence-electron chi connectivity index (χ0n) is 20.5. The van der Waals surface area contributed by atoms with Crippen LogP contribution in [0.3, 0.4) is 0 Å². The van der Waals surface area contributed by atoms with Crippen molar-refractivity contribution in [3.8, 4) is 11.1 Å². The minimum Gasteiger partial charge on any atom is -0.396 e. The fraction of sp³-hybridized carbons (Fsp3) is 0.370. The van der Waals surface area contributed by atoms with Gasteiger partial charge in [0.2, 0.25) is 5.79 Å². The Morgan fingerprint density at radius 2 is 2.08 bits per heavy atom. The SMILES string of the molecule is Cc1ncc(NC(=O)c2ccnc(C(C)(F)F)c2)cc1-c1ccc2c(c1)N1CCOCC1(F)[C@@H](CO)C2. The molecular formula is C27H27F3N4O3. The van der Waals surface area contributed by atoms with Gasteiger partial charge in [0.25, 0.3) is 11.8 Å². The van der Waals surface area contributed by atoms with Crippen LogP contribution in [0.25, 0.3) is 11.1 Å². The molecule has 0 saturated carbocycles. The van der Waals surface area contributed by atoms with Crippen molar-refractivity contribution in [1.29, 1.82) is 0 Å². The van der Waals surface area contributed by atoms with E-state index >= 15 is 4.39 Å². The number of hydrogen-bond acceptors (Lipinski definition) is 6. The highest BCUT2D eigenvalue weighted by Gasteiger charge is 2.50. The molecule has 0 spiro atoms. The standard InChI is InChI=1S/C27H27F3N4O3/c1-16-22(12-21(13-32-16)33-25(36)19-5-6-31-24(11-19)26(2,28)29)17-3-4-18-9-20(14-35)27(30)15-37-8-7-34(27)23(18)10-17/h3-6,10-13,20,35H,7-9,14-15H2,1-2H3,(H,33,36)/t20-,27?/m1/s1. The molecule has 4 heterocycles. The van der Waals surface area contributed by atoms with Gasteiger partial charge in [-0.2, -0.15) is 8.78 Å². The summed E-state index contributed by atoms with van der Waals surface area (Å²) < 4.78 is 48.7. The average molecular weight is 513 g/mol. The molecule has 37 heavy (non-hydrogen) atoms. The number of hydrogen-bond donors (Lipinski definition) is 2. The number of aryl methyl sites for hydroxylation is 1. The number of aliphatic hydroxyl groups excluding tert-OH is 1. The van der Waals surface area contributed by atoms with E-state index in [1.807, 2.05) is 25.1 Å². The van der Waals surface area contributed by atoms with Crippen LogP contribution in [0.4, 0.5) is 24.5 Å². The number of nitrogens with zero attached hydrogens (tertiary/aromatic N) is 3. The van der Waals surface area contributed by atoms with Gasteiger partial charge in [-0.05, 0) is 48.7 Å². The predicted octanol–water partition coefficient (Wildman–Crippen LogP) is 4.48. The largest absolute Gasteiger partial charge is 0.396 e. The van der Waals surface area contributed by atoms with Crippen molar-refractivity contribution >= 4 is 17.3 Å². The number of fused-ring (bicyclic) bond motifs is 3. The summed E-state index contributed by atoms with van der Waals surface area (Å²) in [7, 11) is 0. The van der Waals surface area contributed by atoms with Crippen molar-refractivity contribution in [2.45, 2.75) is 32.0 Å². The summed E-state index contributed by atoms with van der Waals surface area (Å²) in [6, 6.07) is 9.91. The second-order valence-electron chi connectivity index (χ2n) is 9.58. The Balaban J connectivity index is 1.45. The molecule has 0 bridgehead atoms. The number of pyridine rings is 2. The third-order valence-corrected chi connectivity index (χ3v) is 7.03. The van der Waals surface area contributed by atoms with Gasteiger partial charge < -0.3 is 20.1 Å². The molecule has 1 fully saturated rings. The average Bonchev–Trinajstić information content (AvgIpc) is 2.88. The molecule has 2 aliphatic rings. The van der Waals surface area contributed by atoms with E-state index in [0.29, 0.717) is 31.0 Å². The van der Waals surface area contributed by atoms with Crippen molar-refractivity contribution in [2.75, 3.05) is 36.6 Å². The molecule has 7 nitrogen and oxygen atoms in total. The number of morpholine rings is 1. The molecule has 2 aliphatic heterocycles. The molecule has 3 aromatic rings. The number of rotatable bonds is 5. The number of carbonyl (C=O) groups is 1. The molecule has 1 unspecified atom stereocenters. The van der Waals surface area contributed by atoms with E-state index in [4.69, 9.17) is 4.74 Å². The van der Waals surface area contributed by atoms with Gasteiger partial charge in [0.1, 0.15) is 12.3 Å². The van der Waals surface area contributed by atoms with E-state index in [1.54, 1.807) is 11.0 Å². The maximum absolute atomic E-state index is 16.0. The molecule has 5 rings (SSSR count). The lowest BCUT2D eigenvalue weighted by Gasteiger charge is -2.50. The Morgan fingerprint density at radius 1 is 1.27 bits per heavy atom. The highest BCUT2D eigenvalue weighted by Crippen LogP contribution is 2.44. The van der Waals surface area contributed by atoms with Crippen molar-refractivity contribution in [1.82, 2.24) is 9.97 Å². The van der Waals surface area contributed by atoms with E-state index in [0.717, 1.165) is 35.4 Å². The lowest BCUT2D eigenvalue weighted by molar-refractivity contribution is -0.0706. The summed E-state index contributed by atoms with van der Waals surface area (Å²) in [5, 5.41) is 12.5. The fourth-order valence-corrected chi connectivity index (χ4v) is 4.98. The van der Waals surface area contributed by atoms with E-state index < -0.39 is 29.2 Å². The van der Waals surface area contributed by atoms with Crippen LogP contribution in [0.5, 0.6) is 0 Å². The second-order valence-corrected chi connectivity index (χ2v) is 9.58. The van der Waals surface area contributed by atoms with Crippen LogP contribution < -0.4 is 10.2 Å². The van der Waals surface area contributed by atoms with Crippen LogP contribution in [0, 0.1) is 12.8 Å². The zero-order valence-corrected chi connectivity index (χ0v) is 20.5. The zero-order chi connectivity index (χ0) is 26.4. The lowest BCUT2D eigenvalue weighted by atomic mass is 9.83. The number of aliphatic hydroxyl groups is 1. The number of benzene rings is 1. The van der Waals surface area contributed by atoms with E-state index in [9.17, 15) is 18.7 Å². The second kappa shape index (κ2) is 9.42. The van der Waals surface area contributed by atoms with Gasteiger partial charge >= 0.3 is 0 Å². The molecule has 1 saturated heterocycles. The Kier molecular flexibility index (Phi) is 6.41. The predicted molar refractivity (Wildman–Crippen MR) is 132 cm³/mol. The summed E-state index contributed by atoms with van der Waals surface area (Å²) in [4.78, 5) is 22.5. The number of alkyl halides is 3. The first kappa shape index (κ1) is 25.2. The maximum atomic E-state index is 16.0.